The molecule has 0 amide bonds. The van der Waals surface area contributed by atoms with Gasteiger partial charge in [-0.1, -0.05) is 0 Å². The second-order valence-electron chi connectivity index (χ2n) is 3.28. The lowest BCUT2D eigenvalue weighted by molar-refractivity contribution is 0.622. The van der Waals surface area contributed by atoms with Crippen LogP contribution in [0.5, 0.6) is 0 Å². The average Bonchev–Trinajstić information content (AvgIpc) is 2.22. The van der Waals surface area contributed by atoms with E-state index in [1.807, 2.05) is 13.0 Å². The summed E-state index contributed by atoms with van der Waals surface area (Å²) in [5.74, 6) is -0.393. The first-order valence-corrected chi connectivity index (χ1v) is 4.50. The molecule has 76 valence electrons. The van der Waals surface area contributed by atoms with Crippen LogP contribution in [0.25, 0.3) is 11.3 Å². The molecule has 0 radical (unpaired) electrons. The summed E-state index contributed by atoms with van der Waals surface area (Å²) >= 11 is 0. The minimum atomic E-state index is -0.393. The summed E-state index contributed by atoms with van der Waals surface area (Å²) in [4.78, 5) is 7.88. The Hall–Kier alpha value is -1.97. The zero-order valence-electron chi connectivity index (χ0n) is 8.24. The molecule has 2 N–H and O–H groups in total. The van der Waals surface area contributed by atoms with Gasteiger partial charge in [0.2, 0.25) is 0 Å². The maximum Gasteiger partial charge on any atom is 0.142 e. The highest BCUT2D eigenvalue weighted by Crippen LogP contribution is 2.25. The lowest BCUT2D eigenvalue weighted by atomic mass is 10.1. The van der Waals surface area contributed by atoms with Gasteiger partial charge >= 0.3 is 0 Å². The molecule has 0 atom stereocenters. The van der Waals surface area contributed by atoms with Crippen LogP contribution in [0.4, 0.5) is 10.1 Å². The van der Waals surface area contributed by atoms with Crippen LogP contribution in [0, 0.1) is 12.7 Å². The highest BCUT2D eigenvalue weighted by molar-refractivity contribution is 5.73. The minimum absolute atomic E-state index is 0.393. The largest absolute Gasteiger partial charge is 0.397 e. The van der Waals surface area contributed by atoms with Crippen LogP contribution in [0.3, 0.4) is 0 Å². The predicted octanol–water partition coefficient (Wildman–Crippen LogP) is 2.17. The van der Waals surface area contributed by atoms with E-state index < -0.39 is 5.82 Å². The summed E-state index contributed by atoms with van der Waals surface area (Å²) in [7, 11) is 0. The molecule has 0 aliphatic heterocycles. The quantitative estimate of drug-likeness (QED) is 0.772. The van der Waals surface area contributed by atoms with Gasteiger partial charge in [0.25, 0.3) is 0 Å². The van der Waals surface area contributed by atoms with Gasteiger partial charge in [0.05, 0.1) is 17.6 Å². The predicted molar refractivity (Wildman–Crippen MR) is 56.6 cm³/mol. The number of halogens is 1. The van der Waals surface area contributed by atoms with Crippen molar-refractivity contribution in [1.82, 2.24) is 9.97 Å². The van der Waals surface area contributed by atoms with Crippen molar-refractivity contribution in [3.63, 3.8) is 0 Å². The number of hydrogen-bond acceptors (Lipinski definition) is 3. The Morgan fingerprint density at radius 3 is 2.87 bits per heavy atom. The topological polar surface area (TPSA) is 51.8 Å². The third-order valence-corrected chi connectivity index (χ3v) is 2.19. The number of aryl methyl sites for hydroxylation is 1. The number of hydrogen-bond donors (Lipinski definition) is 1. The SMILES string of the molecule is Cc1ccnc(-c2cncc(F)c2)c1N. The first kappa shape index (κ1) is 9.58. The van der Waals surface area contributed by atoms with E-state index in [0.29, 0.717) is 16.9 Å². The number of nitrogens with zero attached hydrogens (tertiary/aromatic N) is 2. The number of rotatable bonds is 1. The van der Waals surface area contributed by atoms with Crippen LogP contribution in [0.2, 0.25) is 0 Å². The zero-order valence-corrected chi connectivity index (χ0v) is 8.24. The number of nitrogen functional groups attached to an aromatic ring is 1. The van der Waals surface area contributed by atoms with Crippen LogP contribution in [-0.4, -0.2) is 9.97 Å². The Bertz CT molecular complexity index is 497. The van der Waals surface area contributed by atoms with Gasteiger partial charge in [0.15, 0.2) is 0 Å². The second-order valence-corrected chi connectivity index (χ2v) is 3.28. The van der Waals surface area contributed by atoms with Gasteiger partial charge in [-0.05, 0) is 24.6 Å². The van der Waals surface area contributed by atoms with E-state index in [-0.39, 0.29) is 0 Å². The Morgan fingerprint density at radius 2 is 2.13 bits per heavy atom. The van der Waals surface area contributed by atoms with E-state index in [1.54, 1.807) is 12.4 Å². The third kappa shape index (κ3) is 1.79. The van der Waals surface area contributed by atoms with Crippen molar-refractivity contribution in [3.8, 4) is 11.3 Å². The molecule has 0 saturated carbocycles. The second kappa shape index (κ2) is 3.65. The fraction of sp³-hybridized carbons (Fsp3) is 0.0909. The molecular formula is C11H10FN3. The van der Waals surface area contributed by atoms with Gasteiger partial charge in [0, 0.05) is 18.0 Å². The zero-order chi connectivity index (χ0) is 10.8. The summed E-state index contributed by atoms with van der Waals surface area (Å²) in [6, 6.07) is 3.18. The highest BCUT2D eigenvalue weighted by Gasteiger charge is 2.07. The highest BCUT2D eigenvalue weighted by atomic mass is 19.1. The van der Waals surface area contributed by atoms with Gasteiger partial charge in [-0.25, -0.2) is 4.39 Å². The van der Waals surface area contributed by atoms with Crippen LogP contribution in [0.1, 0.15) is 5.56 Å². The molecule has 0 aliphatic rings. The molecule has 15 heavy (non-hydrogen) atoms. The van der Waals surface area contributed by atoms with Crippen molar-refractivity contribution in [2.45, 2.75) is 6.92 Å². The molecule has 0 fully saturated rings. The van der Waals surface area contributed by atoms with Crippen molar-refractivity contribution in [1.29, 1.82) is 0 Å². The maximum absolute atomic E-state index is 13.0. The molecule has 2 heterocycles. The molecule has 3 nitrogen and oxygen atoms in total. The normalized spacial score (nSPS) is 10.3. The first-order chi connectivity index (χ1) is 7.18. The monoisotopic (exact) mass is 203 g/mol. The molecule has 0 aromatic carbocycles. The maximum atomic E-state index is 13.0. The summed E-state index contributed by atoms with van der Waals surface area (Å²) < 4.78 is 13.0. The number of nitrogens with two attached hydrogens (primary N) is 1. The fourth-order valence-corrected chi connectivity index (χ4v) is 1.34. The smallest absolute Gasteiger partial charge is 0.142 e. The molecule has 2 rings (SSSR count). The molecule has 0 bridgehead atoms. The fourth-order valence-electron chi connectivity index (χ4n) is 1.34. The van der Waals surface area contributed by atoms with Crippen molar-refractivity contribution >= 4 is 5.69 Å². The van der Waals surface area contributed by atoms with Crippen LogP contribution in [0.15, 0.2) is 30.7 Å². The average molecular weight is 203 g/mol. The Morgan fingerprint density at radius 1 is 1.33 bits per heavy atom. The molecule has 2 aromatic heterocycles. The molecule has 2 aromatic rings. The van der Waals surface area contributed by atoms with E-state index in [0.717, 1.165) is 11.8 Å². The van der Waals surface area contributed by atoms with E-state index in [2.05, 4.69) is 9.97 Å². The van der Waals surface area contributed by atoms with E-state index in [9.17, 15) is 4.39 Å². The number of anilines is 1. The number of aromatic nitrogens is 2. The Labute approximate surface area is 86.8 Å². The van der Waals surface area contributed by atoms with E-state index in [4.69, 9.17) is 5.73 Å². The lowest BCUT2D eigenvalue weighted by Crippen LogP contribution is -1.96. The molecule has 4 heteroatoms. The lowest BCUT2D eigenvalue weighted by Gasteiger charge is -2.06. The summed E-state index contributed by atoms with van der Waals surface area (Å²) in [6.07, 6.45) is 4.34. The Balaban J connectivity index is 2.59. The molecular weight excluding hydrogens is 193 g/mol. The minimum Gasteiger partial charge on any atom is -0.397 e. The van der Waals surface area contributed by atoms with Crippen molar-refractivity contribution < 1.29 is 4.39 Å². The number of pyridine rings is 2. The molecule has 0 unspecified atom stereocenters. The van der Waals surface area contributed by atoms with E-state index >= 15 is 0 Å². The molecule has 0 aliphatic carbocycles. The van der Waals surface area contributed by atoms with Crippen LogP contribution >= 0.6 is 0 Å². The van der Waals surface area contributed by atoms with Gasteiger partial charge < -0.3 is 5.73 Å². The van der Waals surface area contributed by atoms with Gasteiger partial charge in [-0.2, -0.15) is 0 Å². The van der Waals surface area contributed by atoms with Crippen molar-refractivity contribution in [2.24, 2.45) is 0 Å². The van der Waals surface area contributed by atoms with Crippen LogP contribution < -0.4 is 5.73 Å². The summed E-state index contributed by atoms with van der Waals surface area (Å²) in [5, 5.41) is 0. The summed E-state index contributed by atoms with van der Waals surface area (Å²) in [5.41, 5.74) is 8.50. The molecule has 0 saturated heterocycles. The van der Waals surface area contributed by atoms with Gasteiger partial charge in [-0.15, -0.1) is 0 Å². The first-order valence-electron chi connectivity index (χ1n) is 4.50. The van der Waals surface area contributed by atoms with Gasteiger partial charge in [0.1, 0.15) is 5.82 Å². The van der Waals surface area contributed by atoms with Gasteiger partial charge in [-0.3, -0.25) is 9.97 Å². The van der Waals surface area contributed by atoms with Crippen molar-refractivity contribution in [2.75, 3.05) is 5.73 Å². The standard InChI is InChI=1S/C11H10FN3/c1-7-2-3-15-11(10(7)13)8-4-9(12)6-14-5-8/h2-6H,13H2,1H3. The van der Waals surface area contributed by atoms with Crippen LogP contribution in [-0.2, 0) is 0 Å². The van der Waals surface area contributed by atoms with Crippen molar-refractivity contribution in [3.05, 3.63) is 42.1 Å². The summed E-state index contributed by atoms with van der Waals surface area (Å²) in [6.45, 7) is 1.88. The third-order valence-electron chi connectivity index (χ3n) is 2.19. The van der Waals surface area contributed by atoms with E-state index in [1.165, 1.54) is 6.07 Å². The molecule has 0 spiro atoms. The Kier molecular flexibility index (Phi) is 2.33.